The second-order valence-corrected chi connectivity index (χ2v) is 7.07. The zero-order valence-corrected chi connectivity index (χ0v) is 16.5. The molecule has 3 rings (SSSR count). The summed E-state index contributed by atoms with van der Waals surface area (Å²) in [4.78, 5) is 30.9. The molecule has 0 saturated carbocycles. The topological polar surface area (TPSA) is 53.1 Å². The van der Waals surface area contributed by atoms with Gasteiger partial charge in [0.05, 0.1) is 0 Å². The van der Waals surface area contributed by atoms with E-state index in [0.29, 0.717) is 37.5 Å². The predicted molar refractivity (Wildman–Crippen MR) is 110 cm³/mol. The number of hydrogen-bond donors (Lipinski definition) is 0. The summed E-state index contributed by atoms with van der Waals surface area (Å²) in [5, 5.41) is 0. The summed E-state index contributed by atoms with van der Waals surface area (Å²) in [6, 6.07) is 16.9. The molecule has 1 aliphatic heterocycles. The first-order valence-corrected chi connectivity index (χ1v) is 9.57. The molecule has 2 amide bonds. The van der Waals surface area contributed by atoms with Crippen molar-refractivity contribution in [1.82, 2.24) is 9.80 Å². The molecule has 1 saturated heterocycles. The lowest BCUT2D eigenvalue weighted by Gasteiger charge is -2.22. The number of nitrogens with zero attached hydrogens (tertiary/aromatic N) is 3. The highest BCUT2D eigenvalue weighted by atomic mass is 16.5. The van der Waals surface area contributed by atoms with Crippen molar-refractivity contribution in [2.45, 2.75) is 6.42 Å². The molecule has 6 heteroatoms. The molecular formula is C22H27N3O3. The lowest BCUT2D eigenvalue weighted by molar-refractivity contribution is -0.133. The maximum absolute atomic E-state index is 12.8. The van der Waals surface area contributed by atoms with Gasteiger partial charge in [-0.3, -0.25) is 9.59 Å². The molecule has 1 heterocycles. The number of carbonyl (C=O) groups excluding carboxylic acids is 2. The molecule has 0 aromatic heterocycles. The largest absolute Gasteiger partial charge is 0.484 e. The number of anilines is 1. The molecule has 28 heavy (non-hydrogen) atoms. The highest BCUT2D eigenvalue weighted by Crippen LogP contribution is 2.15. The maximum Gasteiger partial charge on any atom is 0.260 e. The van der Waals surface area contributed by atoms with Crippen LogP contribution >= 0.6 is 0 Å². The summed E-state index contributed by atoms with van der Waals surface area (Å²) >= 11 is 0. The fraction of sp³-hybridized carbons (Fsp3) is 0.364. The number of rotatable bonds is 5. The fourth-order valence-electron chi connectivity index (χ4n) is 3.21. The van der Waals surface area contributed by atoms with E-state index in [9.17, 15) is 9.59 Å². The van der Waals surface area contributed by atoms with E-state index in [1.165, 1.54) is 0 Å². The first-order chi connectivity index (χ1) is 13.5. The van der Waals surface area contributed by atoms with Crippen molar-refractivity contribution in [2.24, 2.45) is 0 Å². The van der Waals surface area contributed by atoms with Gasteiger partial charge in [0.25, 0.3) is 11.8 Å². The van der Waals surface area contributed by atoms with E-state index in [0.717, 1.165) is 12.1 Å². The van der Waals surface area contributed by atoms with Crippen LogP contribution in [0.4, 0.5) is 5.69 Å². The number of benzene rings is 2. The van der Waals surface area contributed by atoms with Gasteiger partial charge in [-0.1, -0.05) is 18.2 Å². The molecule has 0 atom stereocenters. The van der Waals surface area contributed by atoms with Crippen LogP contribution in [0, 0.1) is 0 Å². The van der Waals surface area contributed by atoms with Crippen molar-refractivity contribution in [2.75, 3.05) is 51.8 Å². The van der Waals surface area contributed by atoms with Gasteiger partial charge in [-0.2, -0.15) is 0 Å². The van der Waals surface area contributed by atoms with E-state index in [4.69, 9.17) is 4.74 Å². The predicted octanol–water partition coefficient (Wildman–Crippen LogP) is 2.51. The Morgan fingerprint density at radius 1 is 0.893 bits per heavy atom. The van der Waals surface area contributed by atoms with E-state index in [1.54, 1.807) is 4.90 Å². The first kappa shape index (κ1) is 19.7. The summed E-state index contributed by atoms with van der Waals surface area (Å²) in [5.74, 6) is 0.650. The summed E-state index contributed by atoms with van der Waals surface area (Å²) < 4.78 is 5.56. The van der Waals surface area contributed by atoms with E-state index in [2.05, 4.69) is 0 Å². The molecule has 1 aliphatic rings. The quantitative estimate of drug-likeness (QED) is 0.799. The number of para-hydroxylation sites is 1. The van der Waals surface area contributed by atoms with Gasteiger partial charge >= 0.3 is 0 Å². The Kier molecular flexibility index (Phi) is 6.53. The summed E-state index contributed by atoms with van der Waals surface area (Å²) in [6.07, 6.45) is 0.762. The highest BCUT2D eigenvalue weighted by molar-refractivity contribution is 5.94. The zero-order chi connectivity index (χ0) is 19.9. The standard InChI is InChI=1S/C22H27N3O3/c1-23(2)19-11-9-18(10-12-19)22(27)25-14-6-13-24(15-16-25)21(26)17-28-20-7-4-3-5-8-20/h3-5,7-12H,6,13-17H2,1-2H3. The van der Waals surface area contributed by atoms with Gasteiger partial charge in [0.1, 0.15) is 5.75 Å². The molecule has 0 N–H and O–H groups in total. The second kappa shape index (κ2) is 9.26. The molecule has 0 bridgehead atoms. The summed E-state index contributed by atoms with van der Waals surface area (Å²) in [7, 11) is 3.94. The lowest BCUT2D eigenvalue weighted by atomic mass is 10.1. The minimum absolute atomic E-state index is 0.0140. The van der Waals surface area contributed by atoms with E-state index in [1.807, 2.05) is 78.5 Å². The molecule has 2 aromatic rings. The molecule has 1 fully saturated rings. The van der Waals surface area contributed by atoms with Crippen LogP contribution in [0.15, 0.2) is 54.6 Å². The molecule has 6 nitrogen and oxygen atoms in total. The number of carbonyl (C=O) groups is 2. The summed E-state index contributed by atoms with van der Waals surface area (Å²) in [5.41, 5.74) is 1.74. The maximum atomic E-state index is 12.8. The van der Waals surface area contributed by atoms with Crippen molar-refractivity contribution < 1.29 is 14.3 Å². The smallest absolute Gasteiger partial charge is 0.260 e. The fourth-order valence-corrected chi connectivity index (χ4v) is 3.21. The average molecular weight is 381 g/mol. The first-order valence-electron chi connectivity index (χ1n) is 9.57. The van der Waals surface area contributed by atoms with E-state index >= 15 is 0 Å². The van der Waals surface area contributed by atoms with Crippen molar-refractivity contribution in [3.63, 3.8) is 0 Å². The third-order valence-electron chi connectivity index (χ3n) is 4.87. The van der Waals surface area contributed by atoms with Crippen LogP contribution in [0.5, 0.6) is 5.75 Å². The Morgan fingerprint density at radius 3 is 2.21 bits per heavy atom. The SMILES string of the molecule is CN(C)c1ccc(C(=O)N2CCCN(C(=O)COc3ccccc3)CC2)cc1. The van der Waals surface area contributed by atoms with Crippen molar-refractivity contribution in [3.8, 4) is 5.75 Å². The molecule has 0 spiro atoms. The van der Waals surface area contributed by atoms with Crippen molar-refractivity contribution in [1.29, 1.82) is 0 Å². The van der Waals surface area contributed by atoms with Gasteiger partial charge < -0.3 is 19.4 Å². The Labute approximate surface area is 166 Å². The Balaban J connectivity index is 1.53. The molecule has 2 aromatic carbocycles. The normalized spacial score (nSPS) is 14.4. The van der Waals surface area contributed by atoms with Crippen LogP contribution in [-0.2, 0) is 4.79 Å². The van der Waals surface area contributed by atoms with E-state index in [-0.39, 0.29) is 18.4 Å². The van der Waals surface area contributed by atoms with Crippen LogP contribution < -0.4 is 9.64 Å². The Bertz CT molecular complexity index is 790. The molecule has 0 aliphatic carbocycles. The van der Waals surface area contributed by atoms with Gasteiger partial charge in [0.2, 0.25) is 0 Å². The van der Waals surface area contributed by atoms with Gasteiger partial charge in [-0.25, -0.2) is 0 Å². The Morgan fingerprint density at radius 2 is 1.54 bits per heavy atom. The van der Waals surface area contributed by atoms with Crippen LogP contribution in [0.2, 0.25) is 0 Å². The minimum Gasteiger partial charge on any atom is -0.484 e. The Hall–Kier alpha value is -3.02. The number of amides is 2. The molecular weight excluding hydrogens is 354 g/mol. The molecule has 148 valence electrons. The van der Waals surface area contributed by atoms with Crippen LogP contribution in [0.1, 0.15) is 16.8 Å². The van der Waals surface area contributed by atoms with Crippen LogP contribution in [-0.4, -0.2) is 68.5 Å². The highest BCUT2D eigenvalue weighted by Gasteiger charge is 2.23. The third-order valence-corrected chi connectivity index (χ3v) is 4.87. The zero-order valence-electron chi connectivity index (χ0n) is 16.5. The number of ether oxygens (including phenoxy) is 1. The van der Waals surface area contributed by atoms with Crippen LogP contribution in [0.25, 0.3) is 0 Å². The monoisotopic (exact) mass is 381 g/mol. The molecule has 0 radical (unpaired) electrons. The third kappa shape index (κ3) is 5.03. The van der Waals surface area contributed by atoms with E-state index < -0.39 is 0 Å². The summed E-state index contributed by atoms with van der Waals surface area (Å²) in [6.45, 7) is 2.37. The number of hydrogen-bond acceptors (Lipinski definition) is 4. The lowest BCUT2D eigenvalue weighted by Crippen LogP contribution is -2.39. The van der Waals surface area contributed by atoms with Gasteiger partial charge in [0.15, 0.2) is 6.61 Å². The van der Waals surface area contributed by atoms with Gasteiger partial charge in [-0.05, 0) is 42.8 Å². The van der Waals surface area contributed by atoms with Gasteiger partial charge in [-0.15, -0.1) is 0 Å². The minimum atomic E-state index is -0.0477. The van der Waals surface area contributed by atoms with Gasteiger partial charge in [0, 0.05) is 51.5 Å². The van der Waals surface area contributed by atoms with Crippen LogP contribution in [0.3, 0.4) is 0 Å². The second-order valence-electron chi connectivity index (χ2n) is 7.07. The average Bonchev–Trinajstić information content (AvgIpc) is 2.98. The van der Waals surface area contributed by atoms with Crippen molar-refractivity contribution in [3.05, 3.63) is 60.2 Å². The van der Waals surface area contributed by atoms with Crippen molar-refractivity contribution >= 4 is 17.5 Å². The molecule has 0 unspecified atom stereocenters.